The molecule has 1 amide bonds. The van der Waals surface area contributed by atoms with E-state index in [9.17, 15) is 4.79 Å². The van der Waals surface area contributed by atoms with Crippen molar-refractivity contribution < 1.29 is 9.53 Å². The van der Waals surface area contributed by atoms with E-state index in [-0.39, 0.29) is 11.0 Å². The third kappa shape index (κ3) is 4.76. The number of para-hydroxylation sites is 1. The molecule has 0 spiro atoms. The summed E-state index contributed by atoms with van der Waals surface area (Å²) in [6.07, 6.45) is 3.38. The van der Waals surface area contributed by atoms with E-state index in [4.69, 9.17) is 17.0 Å². The van der Waals surface area contributed by atoms with Crippen LogP contribution in [-0.2, 0) is 0 Å². The highest BCUT2D eigenvalue weighted by Crippen LogP contribution is 2.24. The maximum Gasteiger partial charge on any atom is 0.270 e. The van der Waals surface area contributed by atoms with E-state index >= 15 is 0 Å². The molecule has 154 valence electrons. The van der Waals surface area contributed by atoms with Crippen LogP contribution < -0.4 is 20.9 Å². The molecule has 0 aliphatic carbocycles. The minimum Gasteiger partial charge on any atom is -0.497 e. The van der Waals surface area contributed by atoms with Gasteiger partial charge in [-0.15, -0.1) is 0 Å². The number of methoxy groups -OCH3 is 1. The Labute approximate surface area is 184 Å². The number of pyridine rings is 2. The molecule has 4 rings (SSSR count). The van der Waals surface area contributed by atoms with Crippen molar-refractivity contribution in [3.05, 3.63) is 84.7 Å². The van der Waals surface area contributed by atoms with Crippen LogP contribution in [0.5, 0.6) is 5.75 Å². The van der Waals surface area contributed by atoms with Crippen LogP contribution in [-0.4, -0.2) is 28.1 Å². The molecule has 0 atom stereocenters. The molecule has 31 heavy (non-hydrogen) atoms. The van der Waals surface area contributed by atoms with Gasteiger partial charge in [0.1, 0.15) is 5.75 Å². The highest BCUT2D eigenvalue weighted by Gasteiger charge is 2.14. The maximum absolute atomic E-state index is 13.0. The number of rotatable bonds is 4. The number of amides is 1. The lowest BCUT2D eigenvalue weighted by atomic mass is 10.0. The van der Waals surface area contributed by atoms with Gasteiger partial charge in [-0.2, -0.15) is 0 Å². The molecule has 0 unspecified atom stereocenters. The Kier molecular flexibility index (Phi) is 6.00. The molecule has 4 aromatic rings. The molecule has 8 heteroatoms. The lowest BCUT2D eigenvalue weighted by molar-refractivity contribution is 0.0946. The second-order valence-corrected chi connectivity index (χ2v) is 6.98. The van der Waals surface area contributed by atoms with E-state index in [0.29, 0.717) is 17.0 Å². The first-order valence-corrected chi connectivity index (χ1v) is 9.86. The van der Waals surface area contributed by atoms with Gasteiger partial charge in [-0.3, -0.25) is 20.6 Å². The largest absolute Gasteiger partial charge is 0.497 e. The molecule has 0 saturated carbocycles. The van der Waals surface area contributed by atoms with Gasteiger partial charge in [0.15, 0.2) is 5.11 Å². The molecule has 0 saturated heterocycles. The molecular weight excluding hydrogens is 410 g/mol. The normalized spacial score (nSPS) is 10.4. The van der Waals surface area contributed by atoms with E-state index in [2.05, 4.69) is 26.1 Å². The summed E-state index contributed by atoms with van der Waals surface area (Å²) in [4.78, 5) is 21.7. The van der Waals surface area contributed by atoms with E-state index in [1.807, 2.05) is 54.6 Å². The molecule has 2 aromatic heterocycles. The Morgan fingerprint density at radius 1 is 0.968 bits per heavy atom. The third-order valence-electron chi connectivity index (χ3n) is 4.55. The van der Waals surface area contributed by atoms with Crippen molar-refractivity contribution in [1.82, 2.24) is 20.8 Å². The number of carbonyl (C=O) groups is 1. The summed E-state index contributed by atoms with van der Waals surface area (Å²) in [6, 6.07) is 20.3. The Bertz CT molecular complexity index is 1250. The number of nitrogens with zero attached hydrogens (tertiary/aromatic N) is 2. The van der Waals surface area contributed by atoms with Gasteiger partial charge in [-0.25, -0.2) is 4.98 Å². The SMILES string of the molecule is COc1cccc(NC(=S)NNC(=O)c2cc(-c3ccncc3)nc3ccccc23)c1. The minimum atomic E-state index is -0.330. The van der Waals surface area contributed by atoms with Crippen LogP contribution in [0.2, 0.25) is 0 Å². The van der Waals surface area contributed by atoms with Crippen LogP contribution in [0.4, 0.5) is 5.69 Å². The number of benzene rings is 2. The first-order valence-electron chi connectivity index (χ1n) is 9.45. The van der Waals surface area contributed by atoms with Crippen LogP contribution in [0, 0.1) is 0 Å². The number of hydrazine groups is 1. The van der Waals surface area contributed by atoms with Crippen molar-refractivity contribution >= 4 is 39.8 Å². The zero-order chi connectivity index (χ0) is 21.6. The van der Waals surface area contributed by atoms with Crippen molar-refractivity contribution in [3.8, 4) is 17.0 Å². The zero-order valence-electron chi connectivity index (χ0n) is 16.6. The first-order chi connectivity index (χ1) is 15.1. The Hall–Kier alpha value is -4.04. The van der Waals surface area contributed by atoms with Crippen LogP contribution in [0.15, 0.2) is 79.1 Å². The predicted octanol–water partition coefficient (Wildman–Crippen LogP) is 3.94. The third-order valence-corrected chi connectivity index (χ3v) is 4.76. The molecule has 0 radical (unpaired) electrons. The number of hydrogen-bond acceptors (Lipinski definition) is 5. The van der Waals surface area contributed by atoms with Crippen molar-refractivity contribution in [3.63, 3.8) is 0 Å². The summed E-state index contributed by atoms with van der Waals surface area (Å²) in [5.74, 6) is 0.368. The highest BCUT2D eigenvalue weighted by molar-refractivity contribution is 7.80. The summed E-state index contributed by atoms with van der Waals surface area (Å²) in [5.41, 5.74) is 8.89. The fraction of sp³-hybridized carbons (Fsp3) is 0.0435. The quantitative estimate of drug-likeness (QED) is 0.335. The molecular formula is C23H19N5O2S. The molecule has 7 nitrogen and oxygen atoms in total. The summed E-state index contributed by atoms with van der Waals surface area (Å²) < 4.78 is 5.20. The fourth-order valence-corrected chi connectivity index (χ4v) is 3.25. The number of hydrogen-bond donors (Lipinski definition) is 3. The number of anilines is 1. The number of aromatic nitrogens is 2. The molecule has 0 bridgehead atoms. The van der Waals surface area contributed by atoms with Crippen LogP contribution in [0.3, 0.4) is 0 Å². The van der Waals surface area contributed by atoms with Gasteiger partial charge in [0.2, 0.25) is 0 Å². The lowest BCUT2D eigenvalue weighted by Gasteiger charge is -2.14. The summed E-state index contributed by atoms with van der Waals surface area (Å²) >= 11 is 5.29. The zero-order valence-corrected chi connectivity index (χ0v) is 17.4. The Morgan fingerprint density at radius 2 is 1.77 bits per heavy atom. The average Bonchev–Trinajstić information content (AvgIpc) is 2.82. The predicted molar refractivity (Wildman–Crippen MR) is 125 cm³/mol. The van der Waals surface area contributed by atoms with E-state index in [1.54, 1.807) is 31.6 Å². The molecule has 3 N–H and O–H groups in total. The average molecular weight is 430 g/mol. The number of nitrogens with one attached hydrogen (secondary N) is 3. The van der Waals surface area contributed by atoms with Crippen molar-refractivity contribution in [2.45, 2.75) is 0 Å². The number of carbonyl (C=O) groups excluding carboxylic acids is 1. The molecule has 0 fully saturated rings. The molecule has 0 aliphatic rings. The lowest BCUT2D eigenvalue weighted by Crippen LogP contribution is -2.43. The Morgan fingerprint density at radius 3 is 2.58 bits per heavy atom. The number of fused-ring (bicyclic) bond motifs is 1. The second kappa shape index (κ2) is 9.19. The summed E-state index contributed by atoms with van der Waals surface area (Å²) in [5, 5.41) is 3.99. The molecule has 2 heterocycles. The second-order valence-electron chi connectivity index (χ2n) is 6.57. The van der Waals surface area contributed by atoms with Gasteiger partial charge in [0.25, 0.3) is 5.91 Å². The summed E-state index contributed by atoms with van der Waals surface area (Å²) in [7, 11) is 1.59. The van der Waals surface area contributed by atoms with Gasteiger partial charge in [0, 0.05) is 35.1 Å². The van der Waals surface area contributed by atoms with Crippen molar-refractivity contribution in [2.24, 2.45) is 0 Å². The van der Waals surface area contributed by atoms with E-state index in [1.165, 1.54) is 0 Å². The van der Waals surface area contributed by atoms with Gasteiger partial charge in [-0.1, -0.05) is 24.3 Å². The minimum absolute atomic E-state index is 0.245. The monoisotopic (exact) mass is 429 g/mol. The van der Waals surface area contributed by atoms with Gasteiger partial charge in [0.05, 0.1) is 23.9 Å². The van der Waals surface area contributed by atoms with Gasteiger partial charge in [-0.05, 0) is 48.6 Å². The van der Waals surface area contributed by atoms with Crippen molar-refractivity contribution in [2.75, 3.05) is 12.4 Å². The number of thiocarbonyl (C=S) groups is 1. The first kappa shape index (κ1) is 20.2. The van der Waals surface area contributed by atoms with E-state index in [0.717, 1.165) is 22.2 Å². The fourth-order valence-electron chi connectivity index (χ4n) is 3.08. The van der Waals surface area contributed by atoms with E-state index < -0.39 is 0 Å². The molecule has 2 aromatic carbocycles. The van der Waals surface area contributed by atoms with Crippen LogP contribution >= 0.6 is 12.2 Å². The molecule has 0 aliphatic heterocycles. The van der Waals surface area contributed by atoms with Gasteiger partial charge >= 0.3 is 0 Å². The van der Waals surface area contributed by atoms with Crippen LogP contribution in [0.25, 0.3) is 22.2 Å². The van der Waals surface area contributed by atoms with Crippen LogP contribution in [0.1, 0.15) is 10.4 Å². The maximum atomic E-state index is 13.0. The topological polar surface area (TPSA) is 88.2 Å². The smallest absolute Gasteiger partial charge is 0.270 e. The van der Waals surface area contributed by atoms with Crippen molar-refractivity contribution in [1.29, 1.82) is 0 Å². The highest BCUT2D eigenvalue weighted by atomic mass is 32.1. The summed E-state index contributed by atoms with van der Waals surface area (Å²) in [6.45, 7) is 0. The Balaban J connectivity index is 1.53. The number of ether oxygens (including phenoxy) is 1. The standard InChI is InChI=1S/C23H19N5O2S/c1-30-17-6-4-5-16(13-17)25-23(31)28-27-22(29)19-14-21(15-9-11-24-12-10-15)26-20-8-3-2-7-18(19)20/h2-14H,1H3,(H,27,29)(H2,25,28,31). The van der Waals surface area contributed by atoms with Gasteiger partial charge < -0.3 is 10.1 Å².